The van der Waals surface area contributed by atoms with Crippen molar-refractivity contribution in [2.75, 3.05) is 5.32 Å². The third-order valence-electron chi connectivity index (χ3n) is 3.51. The number of rotatable bonds is 4. The first-order valence-electron chi connectivity index (χ1n) is 7.23. The summed E-state index contributed by atoms with van der Waals surface area (Å²) in [5.41, 5.74) is 3.08. The maximum atomic E-state index is 5.37. The lowest BCUT2D eigenvalue weighted by atomic mass is 10.1. The largest absolute Gasteiger partial charge is 0.462 e. The van der Waals surface area contributed by atoms with E-state index >= 15 is 0 Å². The lowest BCUT2D eigenvalue weighted by Crippen LogP contribution is -2.03. The molecule has 3 heterocycles. The maximum Gasteiger partial charge on any atom is 0.162 e. The fourth-order valence-corrected chi connectivity index (χ4v) is 3.17. The van der Waals surface area contributed by atoms with Crippen molar-refractivity contribution in [1.29, 1.82) is 0 Å². The van der Waals surface area contributed by atoms with Gasteiger partial charge in [0.05, 0.1) is 24.0 Å². The summed E-state index contributed by atoms with van der Waals surface area (Å²) in [5, 5.41) is 7.29. The second kappa shape index (κ2) is 5.81. The fraction of sp³-hybridized carbons (Fsp3) is 0.118. The number of hydrogen-bond acceptors (Lipinski definition) is 6. The van der Waals surface area contributed by atoms with Crippen LogP contribution in [0.25, 0.3) is 21.7 Å². The van der Waals surface area contributed by atoms with Gasteiger partial charge < -0.3 is 9.73 Å². The lowest BCUT2D eigenvalue weighted by molar-refractivity contribution is 0.581. The summed E-state index contributed by atoms with van der Waals surface area (Å²) in [6.07, 6.45) is 3.24. The van der Waals surface area contributed by atoms with Gasteiger partial charge in [0.25, 0.3) is 0 Å². The Kier molecular flexibility index (Phi) is 3.51. The molecule has 23 heavy (non-hydrogen) atoms. The predicted molar refractivity (Wildman–Crippen MR) is 91.4 cm³/mol. The van der Waals surface area contributed by atoms with Gasteiger partial charge in [0.2, 0.25) is 0 Å². The Labute approximate surface area is 137 Å². The van der Waals surface area contributed by atoms with Crippen LogP contribution in [0.1, 0.15) is 11.3 Å². The van der Waals surface area contributed by atoms with Crippen LogP contribution in [0.15, 0.2) is 52.7 Å². The Morgan fingerprint density at radius 2 is 2.17 bits per heavy atom. The molecule has 0 spiro atoms. The molecule has 4 aromatic rings. The number of furan rings is 1. The third kappa shape index (κ3) is 2.80. The standard InChI is InChI=1S/C17H14N4OS/c1-11-4-5-14-13(7-11)16(20-10-19-14)18-8-12-9-23-17(21-12)15-3-2-6-22-15/h2-7,9-10H,8H2,1H3,(H,18,19,20). The summed E-state index contributed by atoms with van der Waals surface area (Å²) >= 11 is 1.57. The molecule has 0 bridgehead atoms. The minimum Gasteiger partial charge on any atom is -0.462 e. The van der Waals surface area contributed by atoms with Crippen molar-refractivity contribution in [3.63, 3.8) is 0 Å². The highest BCUT2D eigenvalue weighted by Gasteiger charge is 2.08. The summed E-state index contributed by atoms with van der Waals surface area (Å²) in [6, 6.07) is 9.93. The van der Waals surface area contributed by atoms with Gasteiger partial charge in [0, 0.05) is 10.8 Å². The second-order valence-electron chi connectivity index (χ2n) is 5.22. The van der Waals surface area contributed by atoms with Gasteiger partial charge in [0.1, 0.15) is 12.1 Å². The third-order valence-corrected chi connectivity index (χ3v) is 4.42. The second-order valence-corrected chi connectivity index (χ2v) is 6.08. The summed E-state index contributed by atoms with van der Waals surface area (Å²) in [6.45, 7) is 2.67. The minimum absolute atomic E-state index is 0.608. The minimum atomic E-state index is 0.608. The molecule has 0 saturated heterocycles. The molecule has 0 saturated carbocycles. The molecular weight excluding hydrogens is 308 g/mol. The van der Waals surface area contributed by atoms with Crippen LogP contribution >= 0.6 is 11.3 Å². The van der Waals surface area contributed by atoms with E-state index in [1.165, 1.54) is 5.56 Å². The number of fused-ring (bicyclic) bond motifs is 1. The van der Waals surface area contributed by atoms with Crippen LogP contribution < -0.4 is 5.32 Å². The van der Waals surface area contributed by atoms with E-state index in [1.54, 1.807) is 23.9 Å². The molecule has 0 atom stereocenters. The molecule has 4 rings (SSSR count). The molecular formula is C17H14N4OS. The van der Waals surface area contributed by atoms with E-state index in [0.717, 1.165) is 33.2 Å². The first-order valence-corrected chi connectivity index (χ1v) is 8.11. The van der Waals surface area contributed by atoms with Gasteiger partial charge in [0.15, 0.2) is 10.8 Å². The molecule has 3 aromatic heterocycles. The summed E-state index contributed by atoms with van der Waals surface area (Å²) < 4.78 is 5.37. The SMILES string of the molecule is Cc1ccc2ncnc(NCc3csc(-c4ccco4)n3)c2c1. The Bertz CT molecular complexity index is 946. The van der Waals surface area contributed by atoms with Crippen molar-refractivity contribution >= 4 is 28.1 Å². The van der Waals surface area contributed by atoms with Crippen molar-refractivity contribution < 1.29 is 4.42 Å². The summed E-state index contributed by atoms with van der Waals surface area (Å²) in [7, 11) is 0. The quantitative estimate of drug-likeness (QED) is 0.608. The average molecular weight is 322 g/mol. The van der Waals surface area contributed by atoms with Gasteiger partial charge in [-0.3, -0.25) is 0 Å². The van der Waals surface area contributed by atoms with Gasteiger partial charge >= 0.3 is 0 Å². The average Bonchev–Trinajstić information content (AvgIpc) is 3.24. The highest BCUT2D eigenvalue weighted by molar-refractivity contribution is 7.13. The van der Waals surface area contributed by atoms with Gasteiger partial charge in [-0.1, -0.05) is 11.6 Å². The normalized spacial score (nSPS) is 11.0. The molecule has 1 N–H and O–H groups in total. The van der Waals surface area contributed by atoms with E-state index in [2.05, 4.69) is 39.3 Å². The zero-order valence-electron chi connectivity index (χ0n) is 12.5. The molecule has 0 aliphatic carbocycles. The smallest absolute Gasteiger partial charge is 0.162 e. The molecule has 0 radical (unpaired) electrons. The highest BCUT2D eigenvalue weighted by atomic mass is 32.1. The number of aromatic nitrogens is 3. The predicted octanol–water partition coefficient (Wildman–Crippen LogP) is 4.27. The molecule has 0 amide bonds. The first kappa shape index (κ1) is 13.9. The van der Waals surface area contributed by atoms with Crippen molar-refractivity contribution in [2.45, 2.75) is 13.5 Å². The number of nitrogens with zero attached hydrogens (tertiary/aromatic N) is 3. The molecule has 5 nitrogen and oxygen atoms in total. The number of anilines is 1. The molecule has 0 aliphatic heterocycles. The lowest BCUT2D eigenvalue weighted by Gasteiger charge is -2.07. The van der Waals surface area contributed by atoms with Crippen molar-refractivity contribution in [3.8, 4) is 10.8 Å². The van der Waals surface area contributed by atoms with Crippen LogP contribution in [0.4, 0.5) is 5.82 Å². The van der Waals surface area contributed by atoms with Gasteiger partial charge in [-0.25, -0.2) is 15.0 Å². The molecule has 1 aromatic carbocycles. The van der Waals surface area contributed by atoms with Crippen LogP contribution in [0.3, 0.4) is 0 Å². The first-order chi connectivity index (χ1) is 11.3. The zero-order valence-corrected chi connectivity index (χ0v) is 13.3. The molecule has 0 fully saturated rings. The monoisotopic (exact) mass is 322 g/mol. The Balaban J connectivity index is 1.56. The maximum absolute atomic E-state index is 5.37. The highest BCUT2D eigenvalue weighted by Crippen LogP contribution is 2.25. The summed E-state index contributed by atoms with van der Waals surface area (Å²) in [4.78, 5) is 13.2. The van der Waals surface area contributed by atoms with Crippen LogP contribution in [-0.4, -0.2) is 15.0 Å². The van der Waals surface area contributed by atoms with Crippen molar-refractivity contribution in [2.24, 2.45) is 0 Å². The van der Waals surface area contributed by atoms with Crippen LogP contribution in [-0.2, 0) is 6.54 Å². The van der Waals surface area contributed by atoms with Crippen molar-refractivity contribution in [1.82, 2.24) is 15.0 Å². The number of benzene rings is 1. The summed E-state index contributed by atoms with van der Waals surface area (Å²) in [5.74, 6) is 1.62. The number of aryl methyl sites for hydroxylation is 1. The van der Waals surface area contributed by atoms with E-state index in [-0.39, 0.29) is 0 Å². The van der Waals surface area contributed by atoms with Gasteiger partial charge in [-0.05, 0) is 31.2 Å². The van der Waals surface area contributed by atoms with E-state index in [9.17, 15) is 0 Å². The molecule has 114 valence electrons. The van der Waals surface area contributed by atoms with E-state index < -0.39 is 0 Å². The van der Waals surface area contributed by atoms with Gasteiger partial charge in [-0.2, -0.15) is 0 Å². The van der Waals surface area contributed by atoms with Gasteiger partial charge in [-0.15, -0.1) is 11.3 Å². The molecule has 6 heteroatoms. The number of thiazole rings is 1. The van der Waals surface area contributed by atoms with Crippen LogP contribution in [0.5, 0.6) is 0 Å². The topological polar surface area (TPSA) is 63.8 Å². The number of nitrogens with one attached hydrogen (secondary N) is 1. The molecule has 0 unspecified atom stereocenters. The van der Waals surface area contributed by atoms with E-state index in [1.807, 2.05) is 23.6 Å². The van der Waals surface area contributed by atoms with E-state index in [4.69, 9.17) is 4.42 Å². The Hall–Kier alpha value is -2.73. The van der Waals surface area contributed by atoms with Crippen LogP contribution in [0.2, 0.25) is 0 Å². The fourth-order valence-electron chi connectivity index (χ4n) is 2.39. The van der Waals surface area contributed by atoms with Crippen LogP contribution in [0, 0.1) is 6.92 Å². The molecule has 0 aliphatic rings. The zero-order chi connectivity index (χ0) is 15.6. The number of hydrogen-bond donors (Lipinski definition) is 1. The Morgan fingerprint density at radius 3 is 3.04 bits per heavy atom. The Morgan fingerprint density at radius 1 is 1.22 bits per heavy atom. The van der Waals surface area contributed by atoms with Crippen molar-refractivity contribution in [3.05, 3.63) is 59.6 Å². The van der Waals surface area contributed by atoms with E-state index in [0.29, 0.717) is 6.54 Å².